The standard InChI is InChI=1S/C16H13N5O2S/c22-15-10-7-17-21(9-5-6-9)14(10)19-16(20-15)24-8-13-18-11-3-1-2-4-12(11)23-13/h1-4,7,9H,5-6,8H2,(H,19,20,22). The van der Waals surface area contributed by atoms with E-state index in [1.165, 1.54) is 11.8 Å². The summed E-state index contributed by atoms with van der Waals surface area (Å²) in [5.41, 5.74) is 2.09. The molecule has 1 aliphatic carbocycles. The molecule has 0 atom stereocenters. The number of oxazole rings is 1. The molecular weight excluding hydrogens is 326 g/mol. The second kappa shape index (κ2) is 5.20. The molecule has 0 spiro atoms. The van der Waals surface area contributed by atoms with Gasteiger partial charge in [-0.25, -0.2) is 14.6 Å². The van der Waals surface area contributed by atoms with Crippen LogP contribution in [0.5, 0.6) is 0 Å². The van der Waals surface area contributed by atoms with Crippen molar-refractivity contribution in [2.45, 2.75) is 29.8 Å². The number of fused-ring (bicyclic) bond motifs is 2. The van der Waals surface area contributed by atoms with Gasteiger partial charge in [-0.15, -0.1) is 0 Å². The number of nitrogens with one attached hydrogen (secondary N) is 1. The summed E-state index contributed by atoms with van der Waals surface area (Å²) in [5, 5.41) is 5.39. The number of hydrogen-bond acceptors (Lipinski definition) is 6. The van der Waals surface area contributed by atoms with Crippen LogP contribution >= 0.6 is 11.8 Å². The lowest BCUT2D eigenvalue weighted by Crippen LogP contribution is -2.10. The molecule has 0 unspecified atom stereocenters. The largest absolute Gasteiger partial charge is 0.440 e. The van der Waals surface area contributed by atoms with Crippen LogP contribution in [0.15, 0.2) is 44.8 Å². The third-order valence-corrected chi connectivity index (χ3v) is 4.86. The Labute approximate surface area is 140 Å². The summed E-state index contributed by atoms with van der Waals surface area (Å²) in [6.07, 6.45) is 3.78. The molecule has 1 fully saturated rings. The molecule has 0 bridgehead atoms. The Kier molecular flexibility index (Phi) is 2.99. The lowest BCUT2D eigenvalue weighted by atomic mass is 10.3. The lowest BCUT2D eigenvalue weighted by molar-refractivity contribution is 0.556. The number of aromatic amines is 1. The maximum absolute atomic E-state index is 12.2. The van der Waals surface area contributed by atoms with Gasteiger partial charge in [0.15, 0.2) is 16.4 Å². The molecule has 24 heavy (non-hydrogen) atoms. The van der Waals surface area contributed by atoms with Crippen molar-refractivity contribution in [1.82, 2.24) is 24.7 Å². The van der Waals surface area contributed by atoms with Crippen molar-refractivity contribution in [1.29, 1.82) is 0 Å². The molecule has 1 N–H and O–H groups in total. The SMILES string of the molecule is O=c1[nH]c(SCc2nc3ccccc3o2)nc2c1cnn2C1CC1. The minimum atomic E-state index is -0.160. The fraction of sp³-hybridized carbons (Fsp3) is 0.250. The van der Waals surface area contributed by atoms with Crippen LogP contribution in [0.3, 0.4) is 0 Å². The molecule has 120 valence electrons. The van der Waals surface area contributed by atoms with Crippen LogP contribution in [-0.4, -0.2) is 24.7 Å². The quantitative estimate of drug-likeness (QED) is 0.454. The molecule has 0 amide bonds. The van der Waals surface area contributed by atoms with Gasteiger partial charge in [0, 0.05) is 0 Å². The Morgan fingerprint density at radius 2 is 2.17 bits per heavy atom. The molecule has 3 aromatic heterocycles. The van der Waals surface area contributed by atoms with Gasteiger partial charge in [0.2, 0.25) is 5.89 Å². The van der Waals surface area contributed by atoms with Crippen LogP contribution in [0.1, 0.15) is 24.8 Å². The van der Waals surface area contributed by atoms with Crippen molar-refractivity contribution in [2.24, 2.45) is 0 Å². The zero-order valence-electron chi connectivity index (χ0n) is 12.6. The predicted molar refractivity (Wildman–Crippen MR) is 90.0 cm³/mol. The maximum atomic E-state index is 12.2. The summed E-state index contributed by atoms with van der Waals surface area (Å²) in [6, 6.07) is 8.01. The van der Waals surface area contributed by atoms with E-state index < -0.39 is 0 Å². The summed E-state index contributed by atoms with van der Waals surface area (Å²) >= 11 is 1.40. The number of thioether (sulfide) groups is 1. The van der Waals surface area contributed by atoms with Crippen LogP contribution in [-0.2, 0) is 5.75 Å². The fourth-order valence-electron chi connectivity index (χ4n) is 2.68. The highest BCUT2D eigenvalue weighted by Crippen LogP contribution is 2.36. The first-order valence-electron chi connectivity index (χ1n) is 7.73. The molecule has 0 aliphatic heterocycles. The van der Waals surface area contributed by atoms with Gasteiger partial charge in [-0.1, -0.05) is 23.9 Å². The molecule has 8 heteroatoms. The van der Waals surface area contributed by atoms with Crippen molar-refractivity contribution >= 4 is 33.9 Å². The van der Waals surface area contributed by atoms with E-state index in [2.05, 4.69) is 20.1 Å². The van der Waals surface area contributed by atoms with Gasteiger partial charge in [0.1, 0.15) is 10.9 Å². The van der Waals surface area contributed by atoms with E-state index in [0.29, 0.717) is 33.9 Å². The van der Waals surface area contributed by atoms with E-state index in [4.69, 9.17) is 4.42 Å². The first kappa shape index (κ1) is 13.8. The summed E-state index contributed by atoms with van der Waals surface area (Å²) in [6.45, 7) is 0. The second-order valence-corrected chi connectivity index (χ2v) is 6.76. The van der Waals surface area contributed by atoms with Gasteiger partial charge in [-0.3, -0.25) is 4.79 Å². The zero-order chi connectivity index (χ0) is 16.1. The highest BCUT2D eigenvalue weighted by atomic mass is 32.2. The van der Waals surface area contributed by atoms with E-state index in [-0.39, 0.29) is 5.56 Å². The molecule has 0 saturated heterocycles. The average Bonchev–Trinajstić information content (AvgIpc) is 3.19. The van der Waals surface area contributed by atoms with E-state index in [1.807, 2.05) is 28.9 Å². The summed E-state index contributed by atoms with van der Waals surface area (Å²) in [7, 11) is 0. The van der Waals surface area contributed by atoms with Gasteiger partial charge in [0.05, 0.1) is 18.0 Å². The fourth-order valence-corrected chi connectivity index (χ4v) is 3.38. The van der Waals surface area contributed by atoms with Gasteiger partial charge in [-0.2, -0.15) is 5.10 Å². The van der Waals surface area contributed by atoms with Crippen molar-refractivity contribution in [3.05, 3.63) is 46.7 Å². The van der Waals surface area contributed by atoms with E-state index >= 15 is 0 Å². The summed E-state index contributed by atoms with van der Waals surface area (Å²) < 4.78 is 7.55. The number of rotatable bonds is 4. The van der Waals surface area contributed by atoms with Gasteiger partial charge in [0.25, 0.3) is 5.56 Å². The highest BCUT2D eigenvalue weighted by molar-refractivity contribution is 7.98. The number of H-pyrrole nitrogens is 1. The molecule has 5 rings (SSSR count). The summed E-state index contributed by atoms with van der Waals surface area (Å²) in [4.78, 5) is 24.0. The number of hydrogen-bond donors (Lipinski definition) is 1. The topological polar surface area (TPSA) is 89.6 Å². The highest BCUT2D eigenvalue weighted by Gasteiger charge is 2.27. The van der Waals surface area contributed by atoms with E-state index in [9.17, 15) is 4.79 Å². The first-order valence-corrected chi connectivity index (χ1v) is 8.71. The Morgan fingerprint density at radius 1 is 1.29 bits per heavy atom. The average molecular weight is 339 g/mol. The van der Waals surface area contributed by atoms with E-state index in [0.717, 1.165) is 23.9 Å². The number of para-hydroxylation sites is 2. The molecule has 4 aromatic rings. The Hall–Kier alpha value is -2.61. The van der Waals surface area contributed by atoms with Gasteiger partial charge >= 0.3 is 0 Å². The molecule has 1 aromatic carbocycles. The van der Waals surface area contributed by atoms with E-state index in [1.54, 1.807) is 6.20 Å². The Balaban J connectivity index is 1.45. The number of benzene rings is 1. The molecular formula is C16H13N5O2S. The molecule has 1 aliphatic rings. The second-order valence-electron chi connectivity index (χ2n) is 5.79. The van der Waals surface area contributed by atoms with Crippen LogP contribution in [0.4, 0.5) is 0 Å². The third kappa shape index (κ3) is 2.30. The first-order chi connectivity index (χ1) is 11.8. The molecule has 3 heterocycles. The maximum Gasteiger partial charge on any atom is 0.262 e. The molecule has 7 nitrogen and oxygen atoms in total. The lowest BCUT2D eigenvalue weighted by Gasteiger charge is -2.01. The van der Waals surface area contributed by atoms with Crippen molar-refractivity contribution < 1.29 is 4.42 Å². The van der Waals surface area contributed by atoms with Gasteiger partial charge in [-0.05, 0) is 25.0 Å². The Bertz CT molecular complexity index is 1080. The molecule has 0 radical (unpaired) electrons. The van der Waals surface area contributed by atoms with Crippen molar-refractivity contribution in [3.8, 4) is 0 Å². The van der Waals surface area contributed by atoms with Crippen molar-refractivity contribution in [2.75, 3.05) is 0 Å². The smallest absolute Gasteiger partial charge is 0.262 e. The molecule has 1 saturated carbocycles. The monoisotopic (exact) mass is 339 g/mol. The van der Waals surface area contributed by atoms with Crippen LogP contribution < -0.4 is 5.56 Å². The van der Waals surface area contributed by atoms with Crippen LogP contribution in [0.25, 0.3) is 22.1 Å². The minimum Gasteiger partial charge on any atom is -0.440 e. The van der Waals surface area contributed by atoms with Crippen molar-refractivity contribution in [3.63, 3.8) is 0 Å². The third-order valence-electron chi connectivity index (χ3n) is 4.00. The number of aromatic nitrogens is 5. The number of nitrogens with zero attached hydrogens (tertiary/aromatic N) is 4. The zero-order valence-corrected chi connectivity index (χ0v) is 13.4. The normalized spacial score (nSPS) is 14.7. The van der Waals surface area contributed by atoms with Gasteiger partial charge < -0.3 is 9.40 Å². The van der Waals surface area contributed by atoms with Crippen LogP contribution in [0, 0.1) is 0 Å². The predicted octanol–water partition coefficient (Wildman–Crippen LogP) is 2.89. The Morgan fingerprint density at radius 3 is 3.00 bits per heavy atom. The van der Waals surface area contributed by atoms with Crippen LogP contribution in [0.2, 0.25) is 0 Å². The minimum absolute atomic E-state index is 0.160. The summed E-state index contributed by atoms with van der Waals surface area (Å²) in [5.74, 6) is 1.11.